The molecule has 1 aliphatic rings. The number of benzene rings is 3. The number of hydrazone groups is 1. The van der Waals surface area contributed by atoms with E-state index in [2.05, 4.69) is 26.5 Å². The summed E-state index contributed by atoms with van der Waals surface area (Å²) in [5.74, 6) is 0.549. The van der Waals surface area contributed by atoms with Gasteiger partial charge in [0, 0.05) is 10.0 Å². The average molecular weight is 530 g/mol. The van der Waals surface area contributed by atoms with Crippen LogP contribution in [0.25, 0.3) is 0 Å². The van der Waals surface area contributed by atoms with Gasteiger partial charge in [-0.3, -0.25) is 9.10 Å². The molecule has 170 valence electrons. The van der Waals surface area contributed by atoms with Gasteiger partial charge in [0.1, 0.15) is 19.8 Å². The molecule has 0 aromatic heterocycles. The van der Waals surface area contributed by atoms with E-state index in [0.29, 0.717) is 36.0 Å². The SMILES string of the molecule is O=C(CN(c1ccc(Br)cc1)S(=O)(=O)c1ccccc1)N/N=C\c1cccc2c1OCCO2. The lowest BCUT2D eigenvalue weighted by Crippen LogP contribution is -2.39. The van der Waals surface area contributed by atoms with Gasteiger partial charge in [0.2, 0.25) is 0 Å². The number of sulfonamides is 1. The molecule has 3 aromatic rings. The molecule has 3 aromatic carbocycles. The van der Waals surface area contributed by atoms with E-state index in [1.807, 2.05) is 0 Å². The summed E-state index contributed by atoms with van der Waals surface area (Å²) in [7, 11) is -3.98. The minimum atomic E-state index is -3.98. The van der Waals surface area contributed by atoms with Crippen LogP contribution >= 0.6 is 15.9 Å². The molecule has 0 aliphatic carbocycles. The van der Waals surface area contributed by atoms with E-state index in [1.54, 1.807) is 60.7 Å². The molecule has 8 nitrogen and oxygen atoms in total. The Hall–Kier alpha value is -3.37. The lowest BCUT2D eigenvalue weighted by atomic mass is 10.2. The number of nitrogens with one attached hydrogen (secondary N) is 1. The maximum absolute atomic E-state index is 13.3. The van der Waals surface area contributed by atoms with Crippen molar-refractivity contribution in [2.45, 2.75) is 4.90 Å². The van der Waals surface area contributed by atoms with E-state index < -0.39 is 22.5 Å². The van der Waals surface area contributed by atoms with Gasteiger partial charge in [-0.2, -0.15) is 5.10 Å². The molecule has 0 radical (unpaired) electrons. The fraction of sp³-hybridized carbons (Fsp3) is 0.130. The van der Waals surface area contributed by atoms with Gasteiger partial charge < -0.3 is 9.47 Å². The number of ether oxygens (including phenoxy) is 2. The molecule has 0 atom stereocenters. The van der Waals surface area contributed by atoms with Gasteiger partial charge in [-0.1, -0.05) is 40.2 Å². The minimum absolute atomic E-state index is 0.0808. The van der Waals surface area contributed by atoms with Crippen molar-refractivity contribution >= 4 is 43.8 Å². The quantitative estimate of drug-likeness (QED) is 0.372. The summed E-state index contributed by atoms with van der Waals surface area (Å²) < 4.78 is 39.5. The lowest BCUT2D eigenvalue weighted by Gasteiger charge is -2.23. The topological polar surface area (TPSA) is 97.3 Å². The van der Waals surface area contributed by atoms with Crippen molar-refractivity contribution in [3.8, 4) is 11.5 Å². The highest BCUT2D eigenvalue weighted by Crippen LogP contribution is 2.32. The molecular weight excluding hydrogens is 510 g/mol. The molecular formula is C23H20BrN3O5S. The van der Waals surface area contributed by atoms with E-state index in [-0.39, 0.29) is 4.90 Å². The van der Waals surface area contributed by atoms with Crippen LogP contribution in [0.4, 0.5) is 5.69 Å². The van der Waals surface area contributed by atoms with Gasteiger partial charge in [0.25, 0.3) is 15.9 Å². The third-order valence-corrected chi connectivity index (χ3v) is 7.04. The highest BCUT2D eigenvalue weighted by molar-refractivity contribution is 9.10. The monoisotopic (exact) mass is 529 g/mol. The Bertz CT molecular complexity index is 1270. The third-order valence-electron chi connectivity index (χ3n) is 4.72. The summed E-state index contributed by atoms with van der Waals surface area (Å²) in [6, 6.07) is 20.0. The van der Waals surface area contributed by atoms with Crippen molar-refractivity contribution in [2.24, 2.45) is 5.10 Å². The van der Waals surface area contributed by atoms with E-state index >= 15 is 0 Å². The normalized spacial score (nSPS) is 13.0. The molecule has 0 bridgehead atoms. The Kier molecular flexibility index (Phi) is 6.95. The van der Waals surface area contributed by atoms with Crippen LogP contribution in [0.5, 0.6) is 11.5 Å². The zero-order valence-corrected chi connectivity index (χ0v) is 19.8. The largest absolute Gasteiger partial charge is 0.486 e. The Labute approximate surface area is 200 Å². The Balaban J connectivity index is 1.54. The van der Waals surface area contributed by atoms with Gasteiger partial charge >= 0.3 is 0 Å². The van der Waals surface area contributed by atoms with Gasteiger partial charge in [-0.05, 0) is 48.5 Å². The predicted octanol–water partition coefficient (Wildman–Crippen LogP) is 3.57. The lowest BCUT2D eigenvalue weighted by molar-refractivity contribution is -0.119. The fourth-order valence-corrected chi connectivity index (χ4v) is 4.89. The number of hydrogen-bond donors (Lipinski definition) is 1. The summed E-state index contributed by atoms with van der Waals surface area (Å²) in [6.07, 6.45) is 1.43. The molecule has 0 saturated carbocycles. The van der Waals surface area contributed by atoms with Gasteiger partial charge in [-0.15, -0.1) is 0 Å². The number of nitrogens with zero attached hydrogens (tertiary/aromatic N) is 2. The second-order valence-electron chi connectivity index (χ2n) is 6.97. The zero-order chi connectivity index (χ0) is 23.3. The van der Waals surface area contributed by atoms with E-state index in [4.69, 9.17) is 9.47 Å². The van der Waals surface area contributed by atoms with Crippen molar-refractivity contribution in [3.05, 3.63) is 82.8 Å². The molecule has 10 heteroatoms. The molecule has 1 aliphatic heterocycles. The first kappa shape index (κ1) is 22.8. The number of anilines is 1. The molecule has 1 heterocycles. The van der Waals surface area contributed by atoms with Crippen LogP contribution in [-0.4, -0.2) is 40.3 Å². The highest BCUT2D eigenvalue weighted by atomic mass is 79.9. The first-order valence-corrected chi connectivity index (χ1v) is 12.2. The number of halogens is 1. The van der Waals surface area contributed by atoms with E-state index in [9.17, 15) is 13.2 Å². The fourth-order valence-electron chi connectivity index (χ4n) is 3.18. The molecule has 1 amide bonds. The second kappa shape index (κ2) is 10.1. The molecule has 1 N–H and O–H groups in total. The molecule has 0 fully saturated rings. The highest BCUT2D eigenvalue weighted by Gasteiger charge is 2.27. The van der Waals surface area contributed by atoms with E-state index in [1.165, 1.54) is 18.3 Å². The predicted molar refractivity (Wildman–Crippen MR) is 128 cm³/mol. The van der Waals surface area contributed by atoms with Crippen LogP contribution in [0.1, 0.15) is 5.56 Å². The Morgan fingerprint density at radius 1 is 1.00 bits per heavy atom. The Morgan fingerprint density at radius 3 is 2.48 bits per heavy atom. The maximum Gasteiger partial charge on any atom is 0.264 e. The van der Waals surface area contributed by atoms with Crippen molar-refractivity contribution in [3.63, 3.8) is 0 Å². The van der Waals surface area contributed by atoms with Crippen LogP contribution in [0.3, 0.4) is 0 Å². The number of carbonyl (C=O) groups excluding carboxylic acids is 1. The summed E-state index contributed by atoms with van der Waals surface area (Å²) in [5.41, 5.74) is 3.38. The van der Waals surface area contributed by atoms with Crippen LogP contribution < -0.4 is 19.2 Å². The zero-order valence-electron chi connectivity index (χ0n) is 17.3. The van der Waals surface area contributed by atoms with Gasteiger partial charge in [0.15, 0.2) is 11.5 Å². The van der Waals surface area contributed by atoms with Crippen molar-refractivity contribution in [2.75, 3.05) is 24.1 Å². The number of rotatable bonds is 7. The summed E-state index contributed by atoms with van der Waals surface area (Å²) >= 11 is 3.34. The molecule has 0 spiro atoms. The number of carbonyl (C=O) groups is 1. The maximum atomic E-state index is 13.3. The van der Waals surface area contributed by atoms with Crippen LogP contribution in [0, 0.1) is 0 Å². The van der Waals surface area contributed by atoms with Crippen molar-refractivity contribution in [1.29, 1.82) is 0 Å². The van der Waals surface area contributed by atoms with Crippen molar-refractivity contribution in [1.82, 2.24) is 5.43 Å². The number of hydrogen-bond acceptors (Lipinski definition) is 6. The van der Waals surface area contributed by atoms with E-state index in [0.717, 1.165) is 8.78 Å². The molecule has 33 heavy (non-hydrogen) atoms. The van der Waals surface area contributed by atoms with Crippen LogP contribution in [-0.2, 0) is 14.8 Å². The van der Waals surface area contributed by atoms with Crippen LogP contribution in [0.2, 0.25) is 0 Å². The first-order valence-electron chi connectivity index (χ1n) is 9.99. The summed E-state index contributed by atoms with van der Waals surface area (Å²) in [6.45, 7) is 0.429. The molecule has 0 saturated heterocycles. The van der Waals surface area contributed by atoms with Gasteiger partial charge in [0.05, 0.1) is 16.8 Å². The second-order valence-corrected chi connectivity index (χ2v) is 9.74. The Morgan fingerprint density at radius 2 is 1.73 bits per heavy atom. The average Bonchev–Trinajstić information content (AvgIpc) is 2.84. The summed E-state index contributed by atoms with van der Waals surface area (Å²) in [5, 5.41) is 3.98. The van der Waals surface area contributed by atoms with Crippen LogP contribution in [0.15, 0.2) is 87.3 Å². The standard InChI is InChI=1S/C23H20BrN3O5S/c24-18-9-11-19(12-10-18)27(33(29,30)20-6-2-1-3-7-20)16-22(28)26-25-15-17-5-4-8-21-23(17)32-14-13-31-21/h1-12,15H,13-14,16H2,(H,26,28)/b25-15-. The third kappa shape index (κ3) is 5.35. The smallest absolute Gasteiger partial charge is 0.264 e. The number of fused-ring (bicyclic) bond motifs is 1. The summed E-state index contributed by atoms with van der Waals surface area (Å²) in [4.78, 5) is 12.7. The molecule has 0 unspecified atom stereocenters. The molecule has 4 rings (SSSR count). The number of amides is 1. The first-order chi connectivity index (χ1) is 15.9. The minimum Gasteiger partial charge on any atom is -0.486 e. The number of para-hydroxylation sites is 1. The van der Waals surface area contributed by atoms with Gasteiger partial charge in [-0.25, -0.2) is 13.8 Å². The van der Waals surface area contributed by atoms with Crippen molar-refractivity contribution < 1.29 is 22.7 Å².